The fraction of sp³-hybridized carbons (Fsp3) is 0. The third-order valence-electron chi connectivity index (χ3n) is 2.21. The van der Waals surface area contributed by atoms with E-state index in [4.69, 9.17) is 0 Å². The summed E-state index contributed by atoms with van der Waals surface area (Å²) >= 11 is 6.77. The lowest BCUT2D eigenvalue weighted by molar-refractivity contribution is 0.102. The lowest BCUT2D eigenvalue weighted by atomic mass is 10.2. The predicted octanol–water partition coefficient (Wildman–Crippen LogP) is 4.46. The second-order valence-corrected chi connectivity index (χ2v) is 5.21. The molecule has 0 aliphatic rings. The van der Waals surface area contributed by atoms with Crippen molar-refractivity contribution < 1.29 is 4.79 Å². The standard InChI is InChI=1S/C13H9Br2NO/c14-10-6-7-11(15)12(8-10)16-13(17)9-4-2-1-3-5-9/h1-8H,(H,16,17). The van der Waals surface area contributed by atoms with Crippen LogP contribution in [0.1, 0.15) is 10.4 Å². The third kappa shape index (κ3) is 3.17. The van der Waals surface area contributed by atoms with E-state index in [0.29, 0.717) is 5.56 Å². The van der Waals surface area contributed by atoms with Gasteiger partial charge in [-0.25, -0.2) is 0 Å². The zero-order chi connectivity index (χ0) is 12.3. The van der Waals surface area contributed by atoms with Crippen molar-refractivity contribution in [3.8, 4) is 0 Å². The van der Waals surface area contributed by atoms with Crippen molar-refractivity contribution in [2.24, 2.45) is 0 Å². The quantitative estimate of drug-likeness (QED) is 0.847. The molecule has 0 radical (unpaired) electrons. The molecule has 86 valence electrons. The molecular formula is C13H9Br2NO. The second-order valence-electron chi connectivity index (χ2n) is 3.44. The largest absolute Gasteiger partial charge is 0.321 e. The topological polar surface area (TPSA) is 29.1 Å². The van der Waals surface area contributed by atoms with Gasteiger partial charge in [0.1, 0.15) is 0 Å². The highest BCUT2D eigenvalue weighted by molar-refractivity contribution is 9.11. The molecule has 0 aromatic heterocycles. The van der Waals surface area contributed by atoms with Gasteiger partial charge >= 0.3 is 0 Å². The van der Waals surface area contributed by atoms with Crippen LogP contribution in [0.15, 0.2) is 57.5 Å². The number of carbonyl (C=O) groups excluding carboxylic acids is 1. The monoisotopic (exact) mass is 353 g/mol. The van der Waals surface area contributed by atoms with Crippen LogP contribution < -0.4 is 5.32 Å². The molecular weight excluding hydrogens is 346 g/mol. The van der Waals surface area contributed by atoms with E-state index in [1.54, 1.807) is 12.1 Å². The number of halogens is 2. The van der Waals surface area contributed by atoms with Gasteiger partial charge in [0, 0.05) is 14.5 Å². The van der Waals surface area contributed by atoms with Crippen LogP contribution in [0.5, 0.6) is 0 Å². The van der Waals surface area contributed by atoms with E-state index in [-0.39, 0.29) is 5.91 Å². The van der Waals surface area contributed by atoms with E-state index >= 15 is 0 Å². The van der Waals surface area contributed by atoms with E-state index in [1.807, 2.05) is 36.4 Å². The Kier molecular flexibility index (Phi) is 3.97. The molecule has 0 aliphatic carbocycles. The van der Waals surface area contributed by atoms with Crippen LogP contribution in [0, 0.1) is 0 Å². The van der Waals surface area contributed by atoms with Crippen LogP contribution in [0.2, 0.25) is 0 Å². The van der Waals surface area contributed by atoms with Gasteiger partial charge < -0.3 is 5.32 Å². The van der Waals surface area contributed by atoms with Crippen molar-refractivity contribution in [3.63, 3.8) is 0 Å². The molecule has 0 fully saturated rings. The molecule has 2 rings (SSSR count). The summed E-state index contributed by atoms with van der Waals surface area (Å²) in [5, 5.41) is 2.85. The number of rotatable bonds is 2. The fourth-order valence-electron chi connectivity index (χ4n) is 1.38. The molecule has 2 nitrogen and oxygen atoms in total. The molecule has 0 aliphatic heterocycles. The number of hydrogen-bond donors (Lipinski definition) is 1. The van der Waals surface area contributed by atoms with Gasteiger partial charge in [0.2, 0.25) is 0 Å². The Morgan fingerprint density at radius 3 is 2.41 bits per heavy atom. The maximum Gasteiger partial charge on any atom is 0.255 e. The lowest BCUT2D eigenvalue weighted by Gasteiger charge is -2.07. The molecule has 0 atom stereocenters. The molecule has 1 amide bonds. The molecule has 0 saturated carbocycles. The number of benzene rings is 2. The van der Waals surface area contributed by atoms with Crippen molar-refractivity contribution in [2.75, 3.05) is 5.32 Å². The van der Waals surface area contributed by atoms with Crippen molar-refractivity contribution in [3.05, 3.63) is 63.0 Å². The summed E-state index contributed by atoms with van der Waals surface area (Å²) in [6.45, 7) is 0. The average molecular weight is 355 g/mol. The van der Waals surface area contributed by atoms with Gasteiger partial charge in [-0.15, -0.1) is 0 Å². The van der Waals surface area contributed by atoms with Gasteiger partial charge in [-0.1, -0.05) is 34.1 Å². The first-order valence-electron chi connectivity index (χ1n) is 4.98. The first-order chi connectivity index (χ1) is 8.16. The van der Waals surface area contributed by atoms with Gasteiger partial charge in [0.15, 0.2) is 0 Å². The minimum atomic E-state index is -0.121. The number of carbonyl (C=O) groups is 1. The molecule has 2 aromatic carbocycles. The molecule has 0 unspecified atom stereocenters. The van der Waals surface area contributed by atoms with Crippen LogP contribution >= 0.6 is 31.9 Å². The highest BCUT2D eigenvalue weighted by Gasteiger charge is 2.07. The summed E-state index contributed by atoms with van der Waals surface area (Å²) < 4.78 is 1.77. The summed E-state index contributed by atoms with van der Waals surface area (Å²) in [5.74, 6) is -0.121. The predicted molar refractivity (Wildman–Crippen MR) is 76.2 cm³/mol. The SMILES string of the molecule is O=C(Nc1cc(Br)ccc1Br)c1ccccc1. The lowest BCUT2D eigenvalue weighted by Crippen LogP contribution is -2.11. The number of amides is 1. The molecule has 0 bridgehead atoms. The van der Waals surface area contributed by atoms with Gasteiger partial charge in [0.25, 0.3) is 5.91 Å². The van der Waals surface area contributed by atoms with E-state index in [2.05, 4.69) is 37.2 Å². The van der Waals surface area contributed by atoms with E-state index in [0.717, 1.165) is 14.6 Å². The van der Waals surface area contributed by atoms with Crippen molar-refractivity contribution in [1.82, 2.24) is 0 Å². The molecule has 2 aromatic rings. The van der Waals surface area contributed by atoms with Gasteiger partial charge in [-0.3, -0.25) is 4.79 Å². The smallest absolute Gasteiger partial charge is 0.255 e. The van der Waals surface area contributed by atoms with Crippen LogP contribution in [-0.4, -0.2) is 5.91 Å². The molecule has 4 heteroatoms. The average Bonchev–Trinajstić information content (AvgIpc) is 2.35. The van der Waals surface area contributed by atoms with E-state index in [9.17, 15) is 4.79 Å². The Hall–Kier alpha value is -1.13. The summed E-state index contributed by atoms with van der Waals surface area (Å²) in [7, 11) is 0. The van der Waals surface area contributed by atoms with E-state index < -0.39 is 0 Å². The fourth-order valence-corrected chi connectivity index (χ4v) is 2.08. The maximum absolute atomic E-state index is 11.9. The zero-order valence-corrected chi connectivity index (χ0v) is 12.0. The highest BCUT2D eigenvalue weighted by atomic mass is 79.9. The van der Waals surface area contributed by atoms with Gasteiger partial charge in [-0.2, -0.15) is 0 Å². The van der Waals surface area contributed by atoms with Crippen LogP contribution in [0.25, 0.3) is 0 Å². The molecule has 0 spiro atoms. The van der Waals surface area contributed by atoms with Crippen LogP contribution in [-0.2, 0) is 0 Å². The number of anilines is 1. The maximum atomic E-state index is 11.9. The summed E-state index contributed by atoms with van der Waals surface area (Å²) in [4.78, 5) is 11.9. The third-order valence-corrected chi connectivity index (χ3v) is 3.40. The van der Waals surface area contributed by atoms with E-state index in [1.165, 1.54) is 0 Å². The minimum Gasteiger partial charge on any atom is -0.321 e. The molecule has 0 saturated heterocycles. The first kappa shape index (κ1) is 12.3. The van der Waals surface area contributed by atoms with Gasteiger partial charge in [0.05, 0.1) is 5.69 Å². The Bertz CT molecular complexity index is 540. The Morgan fingerprint density at radius 2 is 1.71 bits per heavy atom. The Morgan fingerprint density at radius 1 is 1.00 bits per heavy atom. The summed E-state index contributed by atoms with van der Waals surface area (Å²) in [5.41, 5.74) is 1.38. The number of nitrogens with one attached hydrogen (secondary N) is 1. The molecule has 17 heavy (non-hydrogen) atoms. The van der Waals surface area contributed by atoms with Crippen LogP contribution in [0.3, 0.4) is 0 Å². The Balaban J connectivity index is 2.22. The van der Waals surface area contributed by atoms with Crippen molar-refractivity contribution in [1.29, 1.82) is 0 Å². The van der Waals surface area contributed by atoms with Crippen LogP contribution in [0.4, 0.5) is 5.69 Å². The summed E-state index contributed by atoms with van der Waals surface area (Å²) in [6, 6.07) is 14.8. The minimum absolute atomic E-state index is 0.121. The summed E-state index contributed by atoms with van der Waals surface area (Å²) in [6.07, 6.45) is 0. The van der Waals surface area contributed by atoms with Crippen molar-refractivity contribution >= 4 is 43.5 Å². The Labute approximate surface area is 116 Å². The molecule has 0 heterocycles. The zero-order valence-electron chi connectivity index (χ0n) is 8.78. The van der Waals surface area contributed by atoms with Gasteiger partial charge in [-0.05, 0) is 46.3 Å². The first-order valence-corrected chi connectivity index (χ1v) is 6.57. The second kappa shape index (κ2) is 5.47. The molecule has 1 N–H and O–H groups in total. The van der Waals surface area contributed by atoms with Crippen molar-refractivity contribution in [2.45, 2.75) is 0 Å². The number of hydrogen-bond acceptors (Lipinski definition) is 1. The highest BCUT2D eigenvalue weighted by Crippen LogP contribution is 2.26. The normalized spacial score (nSPS) is 10.0.